The first-order valence-electron chi connectivity index (χ1n) is 7.91. The number of carbonyl (C=O) groups is 1. The molecule has 0 bridgehead atoms. The molecule has 0 aromatic carbocycles. The van der Waals surface area contributed by atoms with Gasteiger partial charge in [-0.05, 0) is 46.5 Å². The summed E-state index contributed by atoms with van der Waals surface area (Å²) in [6.45, 7) is 5.34. The van der Waals surface area contributed by atoms with Crippen LogP contribution in [0, 0.1) is 5.92 Å². The van der Waals surface area contributed by atoms with Crippen molar-refractivity contribution in [2.24, 2.45) is 10.9 Å². The van der Waals surface area contributed by atoms with Gasteiger partial charge in [0.1, 0.15) is 5.60 Å². The molecule has 1 aliphatic heterocycles. The number of aliphatic hydroxyl groups is 1. The van der Waals surface area contributed by atoms with Crippen LogP contribution in [0.2, 0.25) is 0 Å². The lowest BCUT2D eigenvalue weighted by Gasteiger charge is -2.30. The third-order valence-electron chi connectivity index (χ3n) is 3.97. The molecule has 138 valence electrons. The summed E-state index contributed by atoms with van der Waals surface area (Å²) in [7, 11) is 0. The van der Waals surface area contributed by atoms with Crippen LogP contribution in [-0.2, 0) is 4.74 Å². The molecule has 24 heavy (non-hydrogen) atoms. The lowest BCUT2D eigenvalue weighted by molar-refractivity contribution is -0.245. The highest BCUT2D eigenvalue weighted by molar-refractivity contribution is 8.14. The van der Waals surface area contributed by atoms with Crippen molar-refractivity contribution in [2.75, 3.05) is 5.75 Å². The van der Waals surface area contributed by atoms with Gasteiger partial charge < -0.3 is 15.2 Å². The summed E-state index contributed by atoms with van der Waals surface area (Å²) in [6, 6.07) is -0.0513. The first-order chi connectivity index (χ1) is 10.9. The number of alkyl halides is 3. The highest BCUT2D eigenvalue weighted by atomic mass is 32.2. The summed E-state index contributed by atoms with van der Waals surface area (Å²) in [5.74, 6) is -0.579. The van der Waals surface area contributed by atoms with Gasteiger partial charge >= 0.3 is 12.3 Å². The van der Waals surface area contributed by atoms with Gasteiger partial charge in [-0.1, -0.05) is 0 Å². The molecule has 2 rings (SSSR count). The minimum Gasteiger partial charge on any atom is -0.444 e. The van der Waals surface area contributed by atoms with Crippen molar-refractivity contribution in [1.29, 1.82) is 0 Å². The van der Waals surface area contributed by atoms with Crippen LogP contribution in [0.15, 0.2) is 4.99 Å². The van der Waals surface area contributed by atoms with E-state index in [1.54, 1.807) is 20.8 Å². The number of carbonyl (C=O) groups excluding carboxylic acids is 1. The topological polar surface area (TPSA) is 70.9 Å². The maximum atomic E-state index is 12.8. The zero-order chi connectivity index (χ0) is 18.2. The third kappa shape index (κ3) is 4.78. The summed E-state index contributed by atoms with van der Waals surface area (Å²) in [4.78, 5) is 15.3. The number of alkyl carbamates (subject to hydrolysis) is 1. The summed E-state index contributed by atoms with van der Waals surface area (Å²) in [6.07, 6.45) is -2.69. The molecule has 1 heterocycles. The number of ether oxygens (including phenoxy) is 1. The lowest BCUT2D eigenvalue weighted by Crippen LogP contribution is -2.44. The second-order valence-corrected chi connectivity index (χ2v) is 8.24. The molecule has 0 aromatic rings. The van der Waals surface area contributed by atoms with Crippen LogP contribution in [0.3, 0.4) is 0 Å². The van der Waals surface area contributed by atoms with E-state index in [1.807, 2.05) is 0 Å². The fourth-order valence-corrected chi connectivity index (χ4v) is 4.00. The molecule has 2 aliphatic rings. The molecule has 0 spiro atoms. The second-order valence-electron chi connectivity index (χ2n) is 7.25. The van der Waals surface area contributed by atoms with Crippen LogP contribution in [0.4, 0.5) is 18.0 Å². The molecule has 1 fully saturated rings. The molecular formula is C15H23F3N2O3S. The van der Waals surface area contributed by atoms with E-state index in [2.05, 4.69) is 10.3 Å². The Morgan fingerprint density at radius 3 is 2.33 bits per heavy atom. The van der Waals surface area contributed by atoms with E-state index in [1.165, 1.54) is 0 Å². The number of halogens is 3. The Morgan fingerprint density at radius 1 is 1.29 bits per heavy atom. The summed E-state index contributed by atoms with van der Waals surface area (Å²) < 4.78 is 43.6. The Balaban J connectivity index is 1.86. The molecule has 1 amide bonds. The van der Waals surface area contributed by atoms with Crippen molar-refractivity contribution >= 4 is 22.9 Å². The van der Waals surface area contributed by atoms with Crippen LogP contribution in [-0.4, -0.2) is 45.5 Å². The van der Waals surface area contributed by atoms with E-state index in [4.69, 9.17) is 4.74 Å². The maximum Gasteiger partial charge on any atom is 0.439 e. The van der Waals surface area contributed by atoms with Gasteiger partial charge in [0.05, 0.1) is 10.8 Å². The Hall–Kier alpha value is -0.960. The SMILES string of the molecule is CC(C)(C)OC(=O)NC1CCC(C2=NC(O)(C(F)(F)F)CS2)CC1. The first-order valence-corrected chi connectivity index (χ1v) is 8.89. The number of hydrogen-bond acceptors (Lipinski definition) is 5. The number of rotatable bonds is 2. The van der Waals surface area contributed by atoms with Gasteiger partial charge in [0, 0.05) is 12.0 Å². The lowest BCUT2D eigenvalue weighted by atomic mass is 9.86. The molecular weight excluding hydrogens is 345 g/mol. The predicted molar refractivity (Wildman–Crippen MR) is 86.0 cm³/mol. The molecule has 1 unspecified atom stereocenters. The molecule has 0 saturated heterocycles. The minimum absolute atomic E-state index is 0.0513. The summed E-state index contributed by atoms with van der Waals surface area (Å²) in [5, 5.41) is 12.8. The van der Waals surface area contributed by atoms with Crippen LogP contribution in [0.5, 0.6) is 0 Å². The second kappa shape index (κ2) is 6.74. The number of nitrogens with zero attached hydrogens (tertiary/aromatic N) is 1. The normalized spacial score (nSPS) is 31.5. The number of nitrogens with one attached hydrogen (secondary N) is 1. The van der Waals surface area contributed by atoms with Gasteiger partial charge in [-0.25, -0.2) is 9.79 Å². The maximum absolute atomic E-state index is 12.8. The van der Waals surface area contributed by atoms with Crippen LogP contribution in [0.25, 0.3) is 0 Å². The monoisotopic (exact) mass is 368 g/mol. The molecule has 2 N–H and O–H groups in total. The Labute approximate surface area is 143 Å². The average Bonchev–Trinajstić information content (AvgIpc) is 2.81. The van der Waals surface area contributed by atoms with Gasteiger partial charge in [-0.2, -0.15) is 13.2 Å². The van der Waals surface area contributed by atoms with Crippen LogP contribution >= 0.6 is 11.8 Å². The molecule has 0 aromatic heterocycles. The van der Waals surface area contributed by atoms with Crippen molar-refractivity contribution in [3.63, 3.8) is 0 Å². The van der Waals surface area contributed by atoms with Crippen LogP contribution in [0.1, 0.15) is 46.5 Å². The van der Waals surface area contributed by atoms with E-state index in [-0.39, 0.29) is 12.0 Å². The molecule has 9 heteroatoms. The third-order valence-corrected chi connectivity index (χ3v) is 5.24. The Bertz CT molecular complexity index is 511. The van der Waals surface area contributed by atoms with Gasteiger partial charge in [0.2, 0.25) is 0 Å². The number of aliphatic imine (C=N–C) groups is 1. The highest BCUT2D eigenvalue weighted by Gasteiger charge is 2.57. The van der Waals surface area contributed by atoms with Crippen molar-refractivity contribution in [3.05, 3.63) is 0 Å². The quantitative estimate of drug-likeness (QED) is 0.783. The average molecular weight is 368 g/mol. The number of hydrogen-bond donors (Lipinski definition) is 2. The predicted octanol–water partition coefficient (Wildman–Crippen LogP) is 3.47. The van der Waals surface area contributed by atoms with E-state index >= 15 is 0 Å². The van der Waals surface area contributed by atoms with Crippen molar-refractivity contribution in [2.45, 2.75) is 70.0 Å². The van der Waals surface area contributed by atoms with E-state index in [9.17, 15) is 23.1 Å². The summed E-state index contributed by atoms with van der Waals surface area (Å²) in [5.41, 5.74) is -3.53. The van der Waals surface area contributed by atoms with E-state index < -0.39 is 29.3 Å². The van der Waals surface area contributed by atoms with Crippen molar-refractivity contribution in [1.82, 2.24) is 5.32 Å². The fraction of sp³-hybridized carbons (Fsp3) is 0.867. The number of thioether (sulfide) groups is 1. The zero-order valence-electron chi connectivity index (χ0n) is 13.9. The Kier molecular flexibility index (Phi) is 5.44. The molecule has 1 saturated carbocycles. The van der Waals surface area contributed by atoms with Crippen LogP contribution < -0.4 is 5.32 Å². The van der Waals surface area contributed by atoms with Crippen molar-refractivity contribution in [3.8, 4) is 0 Å². The smallest absolute Gasteiger partial charge is 0.439 e. The van der Waals surface area contributed by atoms with Gasteiger partial charge in [-0.3, -0.25) is 0 Å². The van der Waals surface area contributed by atoms with Gasteiger partial charge in [0.25, 0.3) is 5.72 Å². The fourth-order valence-electron chi connectivity index (χ4n) is 2.73. The molecule has 5 nitrogen and oxygen atoms in total. The highest BCUT2D eigenvalue weighted by Crippen LogP contribution is 2.43. The van der Waals surface area contributed by atoms with E-state index in [0.29, 0.717) is 30.7 Å². The Morgan fingerprint density at radius 2 is 1.88 bits per heavy atom. The van der Waals surface area contributed by atoms with Gasteiger partial charge in [0.15, 0.2) is 0 Å². The standard InChI is InChI=1S/C15H23F3N2O3S/c1-13(2,3)23-12(21)19-10-6-4-9(5-7-10)11-20-14(22,8-24-11)15(16,17)18/h9-10,22H,4-8H2,1-3H3,(H,19,21). The van der Waals surface area contributed by atoms with Gasteiger partial charge in [-0.15, -0.1) is 11.8 Å². The molecule has 1 aliphatic carbocycles. The molecule has 0 radical (unpaired) electrons. The largest absolute Gasteiger partial charge is 0.444 e. The zero-order valence-corrected chi connectivity index (χ0v) is 14.8. The minimum atomic E-state index is -4.75. The molecule has 1 atom stereocenters. The number of amides is 1. The van der Waals surface area contributed by atoms with E-state index in [0.717, 1.165) is 11.8 Å². The van der Waals surface area contributed by atoms with Crippen molar-refractivity contribution < 1.29 is 27.8 Å². The first kappa shape index (κ1) is 19.4. The summed E-state index contributed by atoms with van der Waals surface area (Å²) >= 11 is 0.974.